The minimum Gasteiger partial charge on any atom is -0.450 e. The van der Waals surface area contributed by atoms with Crippen LogP contribution in [0.5, 0.6) is 0 Å². The first-order chi connectivity index (χ1) is 12.5. The summed E-state index contributed by atoms with van der Waals surface area (Å²) in [7, 11) is 0. The summed E-state index contributed by atoms with van der Waals surface area (Å²) in [6.07, 6.45) is 2.60. The molecular weight excluding hydrogens is 326 g/mol. The number of benzene rings is 2. The lowest BCUT2D eigenvalue weighted by molar-refractivity contribution is -0.147. The number of hydrogen-bond acceptors (Lipinski definition) is 3. The van der Waals surface area contributed by atoms with Crippen LogP contribution in [0, 0.1) is 0 Å². The Morgan fingerprint density at radius 1 is 1.08 bits per heavy atom. The molecule has 4 nitrogen and oxygen atoms in total. The van der Waals surface area contributed by atoms with E-state index in [0.717, 1.165) is 16.7 Å². The highest BCUT2D eigenvalue weighted by Crippen LogP contribution is 2.51. The second-order valence-electron chi connectivity index (χ2n) is 6.85. The Morgan fingerprint density at radius 3 is 2.31 bits per heavy atom. The summed E-state index contributed by atoms with van der Waals surface area (Å²) in [6, 6.07) is 19.9. The van der Waals surface area contributed by atoms with Crippen molar-refractivity contribution in [3.05, 3.63) is 89.0 Å². The molecule has 0 aromatic heterocycles. The highest BCUT2D eigenvalue weighted by Gasteiger charge is 2.52. The summed E-state index contributed by atoms with van der Waals surface area (Å²) >= 11 is 0. The lowest BCUT2D eigenvalue weighted by Crippen LogP contribution is -2.38. The SMILES string of the molecule is C[C@@]12OC(=O)C(C(N)=O)=C1C=C(c1ccccc1)C[C@H]2c1ccccc1. The molecule has 2 aliphatic rings. The third-order valence-corrected chi connectivity index (χ3v) is 5.31. The van der Waals surface area contributed by atoms with Crippen molar-refractivity contribution in [2.75, 3.05) is 0 Å². The molecule has 0 saturated heterocycles. The lowest BCUT2D eigenvalue weighted by Gasteiger charge is -2.39. The van der Waals surface area contributed by atoms with E-state index in [-0.39, 0.29) is 11.5 Å². The van der Waals surface area contributed by atoms with Gasteiger partial charge in [-0.15, -0.1) is 0 Å². The van der Waals surface area contributed by atoms with Crippen molar-refractivity contribution in [1.82, 2.24) is 0 Å². The van der Waals surface area contributed by atoms with Crippen molar-refractivity contribution in [2.24, 2.45) is 5.73 Å². The smallest absolute Gasteiger partial charge is 0.345 e. The van der Waals surface area contributed by atoms with E-state index in [1.54, 1.807) is 0 Å². The van der Waals surface area contributed by atoms with E-state index in [1.165, 1.54) is 0 Å². The number of carbonyl (C=O) groups is 2. The summed E-state index contributed by atoms with van der Waals surface area (Å²) in [5.74, 6) is -1.48. The van der Waals surface area contributed by atoms with Crippen LogP contribution in [0.15, 0.2) is 77.9 Å². The van der Waals surface area contributed by atoms with Crippen molar-refractivity contribution in [3.63, 3.8) is 0 Å². The van der Waals surface area contributed by atoms with Crippen LogP contribution in [0.4, 0.5) is 0 Å². The van der Waals surface area contributed by atoms with Crippen LogP contribution in [0.2, 0.25) is 0 Å². The fourth-order valence-corrected chi connectivity index (χ4v) is 3.99. The number of ether oxygens (including phenoxy) is 1. The predicted molar refractivity (Wildman–Crippen MR) is 98.9 cm³/mol. The maximum absolute atomic E-state index is 12.4. The number of fused-ring (bicyclic) bond motifs is 1. The number of carbonyl (C=O) groups excluding carboxylic acids is 2. The molecule has 2 atom stereocenters. The monoisotopic (exact) mass is 345 g/mol. The average molecular weight is 345 g/mol. The Labute approximate surface area is 152 Å². The summed E-state index contributed by atoms with van der Waals surface area (Å²) in [5.41, 5.74) is 8.31. The Hall–Kier alpha value is -3.14. The average Bonchev–Trinajstić information content (AvgIpc) is 2.92. The van der Waals surface area contributed by atoms with E-state index < -0.39 is 17.5 Å². The first kappa shape index (κ1) is 16.3. The van der Waals surface area contributed by atoms with Crippen LogP contribution >= 0.6 is 0 Å². The second kappa shape index (κ2) is 5.99. The molecule has 0 fully saturated rings. The molecule has 130 valence electrons. The molecule has 2 aromatic rings. The molecule has 4 heteroatoms. The van der Waals surface area contributed by atoms with Crippen LogP contribution in [-0.2, 0) is 14.3 Å². The molecule has 0 spiro atoms. The summed E-state index contributed by atoms with van der Waals surface area (Å²) in [5, 5.41) is 0. The molecule has 1 heterocycles. The molecule has 2 N–H and O–H groups in total. The molecule has 4 rings (SSSR count). The quantitative estimate of drug-likeness (QED) is 0.685. The van der Waals surface area contributed by atoms with Crippen LogP contribution < -0.4 is 5.73 Å². The molecular formula is C22H19NO3. The first-order valence-corrected chi connectivity index (χ1v) is 8.59. The van der Waals surface area contributed by atoms with Gasteiger partial charge in [0.05, 0.1) is 0 Å². The summed E-state index contributed by atoms with van der Waals surface area (Å²) in [4.78, 5) is 24.3. The molecule has 0 unspecified atom stereocenters. The number of esters is 1. The normalized spacial score (nSPS) is 24.7. The zero-order chi connectivity index (χ0) is 18.3. The zero-order valence-electron chi connectivity index (χ0n) is 14.4. The van der Waals surface area contributed by atoms with Gasteiger partial charge in [-0.05, 0) is 30.0 Å². The maximum Gasteiger partial charge on any atom is 0.345 e. The van der Waals surface area contributed by atoms with E-state index in [0.29, 0.717) is 12.0 Å². The van der Waals surface area contributed by atoms with Crippen molar-refractivity contribution in [2.45, 2.75) is 24.9 Å². The van der Waals surface area contributed by atoms with Gasteiger partial charge in [0.1, 0.15) is 11.2 Å². The molecule has 0 bridgehead atoms. The van der Waals surface area contributed by atoms with Crippen molar-refractivity contribution >= 4 is 17.4 Å². The molecule has 2 aromatic carbocycles. The number of amides is 1. The fourth-order valence-electron chi connectivity index (χ4n) is 3.99. The van der Waals surface area contributed by atoms with Gasteiger partial charge in [-0.3, -0.25) is 4.79 Å². The Kier molecular flexibility index (Phi) is 3.76. The van der Waals surface area contributed by atoms with E-state index in [9.17, 15) is 9.59 Å². The molecule has 1 aliphatic heterocycles. The van der Waals surface area contributed by atoms with E-state index in [1.807, 2.05) is 73.7 Å². The summed E-state index contributed by atoms with van der Waals surface area (Å²) in [6.45, 7) is 1.87. The third-order valence-electron chi connectivity index (χ3n) is 5.31. The Balaban J connectivity index is 1.94. The van der Waals surface area contributed by atoms with Gasteiger partial charge in [0, 0.05) is 11.5 Å². The molecule has 0 saturated carbocycles. The van der Waals surface area contributed by atoms with Gasteiger partial charge >= 0.3 is 5.97 Å². The number of rotatable bonds is 3. The van der Waals surface area contributed by atoms with Crippen LogP contribution in [-0.4, -0.2) is 17.5 Å². The Bertz CT molecular complexity index is 944. The van der Waals surface area contributed by atoms with E-state index in [4.69, 9.17) is 10.5 Å². The van der Waals surface area contributed by atoms with Gasteiger partial charge in [0.2, 0.25) is 0 Å². The van der Waals surface area contributed by atoms with Gasteiger partial charge in [0.15, 0.2) is 0 Å². The predicted octanol–water partition coefficient (Wildman–Crippen LogP) is 3.35. The van der Waals surface area contributed by atoms with Crippen LogP contribution in [0.1, 0.15) is 30.4 Å². The van der Waals surface area contributed by atoms with Gasteiger partial charge in [-0.1, -0.05) is 66.7 Å². The van der Waals surface area contributed by atoms with E-state index in [2.05, 4.69) is 0 Å². The third kappa shape index (κ3) is 2.46. The highest BCUT2D eigenvalue weighted by atomic mass is 16.6. The first-order valence-electron chi connectivity index (χ1n) is 8.59. The van der Waals surface area contributed by atoms with Gasteiger partial charge in [-0.25, -0.2) is 4.79 Å². The number of nitrogens with two attached hydrogens (primary N) is 1. The van der Waals surface area contributed by atoms with E-state index >= 15 is 0 Å². The Morgan fingerprint density at radius 2 is 1.69 bits per heavy atom. The largest absolute Gasteiger partial charge is 0.450 e. The minimum absolute atomic E-state index is 0.0402. The van der Waals surface area contributed by atoms with Crippen LogP contribution in [0.25, 0.3) is 5.57 Å². The topological polar surface area (TPSA) is 69.4 Å². The second-order valence-corrected chi connectivity index (χ2v) is 6.85. The lowest BCUT2D eigenvalue weighted by atomic mass is 9.69. The fraction of sp³-hybridized carbons (Fsp3) is 0.182. The number of hydrogen-bond donors (Lipinski definition) is 1. The van der Waals surface area contributed by atoms with Gasteiger partial charge in [0.25, 0.3) is 5.91 Å². The highest BCUT2D eigenvalue weighted by molar-refractivity contribution is 6.19. The van der Waals surface area contributed by atoms with Crippen molar-refractivity contribution < 1.29 is 14.3 Å². The standard InChI is InChI=1S/C22H19NO3/c1-22-17(15-10-6-3-7-11-15)12-16(14-8-4-2-5-9-14)13-18(22)19(20(23)24)21(25)26-22/h2-11,13,17H,12H2,1H3,(H2,23,24)/t17-,22-/m0/s1. The minimum atomic E-state index is -0.902. The van der Waals surface area contributed by atoms with Gasteiger partial charge in [-0.2, -0.15) is 0 Å². The molecule has 1 aliphatic carbocycles. The van der Waals surface area contributed by atoms with Gasteiger partial charge < -0.3 is 10.5 Å². The number of primary amides is 1. The van der Waals surface area contributed by atoms with Crippen LogP contribution in [0.3, 0.4) is 0 Å². The maximum atomic E-state index is 12.4. The molecule has 1 amide bonds. The molecule has 26 heavy (non-hydrogen) atoms. The van der Waals surface area contributed by atoms with Crippen molar-refractivity contribution in [3.8, 4) is 0 Å². The zero-order valence-corrected chi connectivity index (χ0v) is 14.4. The van der Waals surface area contributed by atoms with Crippen molar-refractivity contribution in [1.29, 1.82) is 0 Å². The summed E-state index contributed by atoms with van der Waals surface area (Å²) < 4.78 is 5.72. The molecule has 0 radical (unpaired) electrons. The number of allylic oxidation sites excluding steroid dienone is 1.